The Hall–Kier alpha value is -0.730. The number of hydrogen-bond acceptors (Lipinski definition) is 1. The number of imidazole rings is 1. The molecule has 0 amide bonds. The summed E-state index contributed by atoms with van der Waals surface area (Å²) in [6, 6.07) is 7.97. The summed E-state index contributed by atoms with van der Waals surface area (Å²) in [5.74, 6) is 0.699. The van der Waals surface area contributed by atoms with E-state index in [9.17, 15) is 0 Å². The number of aromatic nitrogens is 2. The van der Waals surface area contributed by atoms with Crippen molar-refractivity contribution in [1.29, 1.82) is 0 Å². The van der Waals surface area contributed by atoms with Gasteiger partial charge in [-0.25, -0.2) is 4.98 Å². The normalized spacial score (nSPS) is 11.1. The van der Waals surface area contributed by atoms with Crippen molar-refractivity contribution in [2.45, 2.75) is 19.4 Å². The molecule has 0 spiro atoms. The van der Waals surface area contributed by atoms with Crippen molar-refractivity contribution in [1.82, 2.24) is 9.55 Å². The number of nitrogens with zero attached hydrogens (tertiary/aromatic N) is 2. The standard InChI is InChI=1S/C11H12Cl2N2/c12-7-3-4-8-15-10-6-2-1-5-9(10)14-11(15)13/h1-2,5-6H,3-4,7-8H2. The highest BCUT2D eigenvalue weighted by molar-refractivity contribution is 6.29. The van der Waals surface area contributed by atoms with Crippen LogP contribution in [0.1, 0.15) is 12.8 Å². The third kappa shape index (κ3) is 2.27. The Balaban J connectivity index is 2.28. The molecule has 0 fully saturated rings. The van der Waals surface area contributed by atoms with Gasteiger partial charge >= 0.3 is 0 Å². The van der Waals surface area contributed by atoms with Crippen molar-refractivity contribution >= 4 is 34.2 Å². The van der Waals surface area contributed by atoms with Crippen molar-refractivity contribution in [3.05, 3.63) is 29.5 Å². The van der Waals surface area contributed by atoms with Crippen LogP contribution in [0.15, 0.2) is 24.3 Å². The fraction of sp³-hybridized carbons (Fsp3) is 0.364. The number of fused-ring (bicyclic) bond motifs is 1. The van der Waals surface area contributed by atoms with Crippen molar-refractivity contribution in [2.75, 3.05) is 5.88 Å². The minimum absolute atomic E-state index is 0.561. The zero-order valence-electron chi connectivity index (χ0n) is 8.29. The SMILES string of the molecule is ClCCCCn1c(Cl)nc2ccccc21. The Morgan fingerprint density at radius 3 is 2.80 bits per heavy atom. The topological polar surface area (TPSA) is 17.8 Å². The van der Waals surface area contributed by atoms with E-state index in [4.69, 9.17) is 23.2 Å². The highest BCUT2D eigenvalue weighted by Crippen LogP contribution is 2.19. The Kier molecular flexibility index (Phi) is 3.49. The second kappa shape index (κ2) is 4.86. The minimum atomic E-state index is 0.561. The monoisotopic (exact) mass is 242 g/mol. The molecule has 0 bridgehead atoms. The van der Waals surface area contributed by atoms with E-state index >= 15 is 0 Å². The van der Waals surface area contributed by atoms with Crippen molar-refractivity contribution < 1.29 is 0 Å². The van der Waals surface area contributed by atoms with E-state index in [-0.39, 0.29) is 0 Å². The van der Waals surface area contributed by atoms with Gasteiger partial charge < -0.3 is 4.57 Å². The summed E-state index contributed by atoms with van der Waals surface area (Å²) in [5, 5.41) is 0.561. The average Bonchev–Trinajstić information content (AvgIpc) is 2.56. The molecule has 0 aliphatic rings. The molecule has 0 saturated carbocycles. The highest BCUT2D eigenvalue weighted by Gasteiger charge is 2.06. The number of halogens is 2. The predicted octanol–water partition coefficient (Wildman–Crippen LogP) is 3.71. The van der Waals surface area contributed by atoms with Crippen molar-refractivity contribution in [2.24, 2.45) is 0 Å². The lowest BCUT2D eigenvalue weighted by Gasteiger charge is -2.03. The molecule has 4 heteroatoms. The lowest BCUT2D eigenvalue weighted by Crippen LogP contribution is -1.98. The van der Waals surface area contributed by atoms with E-state index in [1.807, 2.05) is 28.8 Å². The number of unbranched alkanes of at least 4 members (excludes halogenated alkanes) is 1. The third-order valence-corrected chi connectivity index (χ3v) is 2.93. The molecule has 1 aromatic carbocycles. The van der Waals surface area contributed by atoms with Gasteiger partial charge in [-0.3, -0.25) is 0 Å². The number of rotatable bonds is 4. The van der Waals surface area contributed by atoms with E-state index in [1.165, 1.54) is 0 Å². The third-order valence-electron chi connectivity index (χ3n) is 2.37. The molecule has 2 aromatic rings. The van der Waals surface area contributed by atoms with Crippen molar-refractivity contribution in [3.63, 3.8) is 0 Å². The van der Waals surface area contributed by atoms with E-state index in [1.54, 1.807) is 0 Å². The Labute approximate surface area is 98.8 Å². The van der Waals surface area contributed by atoms with Crippen LogP contribution in [0.2, 0.25) is 5.28 Å². The van der Waals surface area contributed by atoms with Gasteiger partial charge in [0.2, 0.25) is 5.28 Å². The summed E-state index contributed by atoms with van der Waals surface area (Å²) in [7, 11) is 0. The van der Waals surface area contributed by atoms with Crippen LogP contribution in [0.3, 0.4) is 0 Å². The summed E-state index contributed by atoms with van der Waals surface area (Å²) in [4.78, 5) is 4.29. The van der Waals surface area contributed by atoms with E-state index < -0.39 is 0 Å². The maximum Gasteiger partial charge on any atom is 0.203 e. The van der Waals surface area contributed by atoms with Gasteiger partial charge in [-0.15, -0.1) is 11.6 Å². The molecule has 0 N–H and O–H groups in total. The number of hydrogen-bond donors (Lipinski definition) is 0. The Bertz CT molecular complexity index is 451. The predicted molar refractivity (Wildman–Crippen MR) is 64.7 cm³/mol. The number of aryl methyl sites for hydroxylation is 1. The molecule has 1 aromatic heterocycles. The molecule has 2 rings (SSSR count). The summed E-state index contributed by atoms with van der Waals surface area (Å²) in [6.45, 7) is 0.881. The van der Waals surface area contributed by atoms with Crippen LogP contribution in [0.25, 0.3) is 11.0 Å². The van der Waals surface area contributed by atoms with E-state index in [0.29, 0.717) is 11.2 Å². The second-order valence-corrected chi connectivity index (χ2v) is 4.13. The zero-order valence-corrected chi connectivity index (χ0v) is 9.80. The highest BCUT2D eigenvalue weighted by atomic mass is 35.5. The van der Waals surface area contributed by atoms with Crippen LogP contribution in [0, 0.1) is 0 Å². The van der Waals surface area contributed by atoms with Gasteiger partial charge in [-0.2, -0.15) is 0 Å². The van der Waals surface area contributed by atoms with Crippen LogP contribution in [-0.2, 0) is 6.54 Å². The first-order chi connectivity index (χ1) is 7.33. The largest absolute Gasteiger partial charge is 0.315 e. The molecular formula is C11H12Cl2N2. The zero-order chi connectivity index (χ0) is 10.7. The average molecular weight is 243 g/mol. The number of benzene rings is 1. The quantitative estimate of drug-likeness (QED) is 0.591. The van der Waals surface area contributed by atoms with Crippen LogP contribution < -0.4 is 0 Å². The van der Waals surface area contributed by atoms with Crippen molar-refractivity contribution in [3.8, 4) is 0 Å². The molecule has 80 valence electrons. The molecule has 0 radical (unpaired) electrons. The molecule has 15 heavy (non-hydrogen) atoms. The van der Waals surface area contributed by atoms with Gasteiger partial charge in [0.15, 0.2) is 0 Å². The molecule has 0 unspecified atom stereocenters. The van der Waals surface area contributed by atoms with Gasteiger partial charge in [0.05, 0.1) is 11.0 Å². The van der Waals surface area contributed by atoms with E-state index in [0.717, 1.165) is 30.4 Å². The molecule has 0 aliphatic carbocycles. The van der Waals surface area contributed by atoms with Gasteiger partial charge in [0.25, 0.3) is 0 Å². The van der Waals surface area contributed by atoms with Gasteiger partial charge in [0.1, 0.15) is 0 Å². The first-order valence-electron chi connectivity index (χ1n) is 4.99. The molecule has 0 aliphatic heterocycles. The lowest BCUT2D eigenvalue weighted by molar-refractivity contribution is 0.648. The molecule has 0 atom stereocenters. The van der Waals surface area contributed by atoms with Gasteiger partial charge in [-0.1, -0.05) is 12.1 Å². The van der Waals surface area contributed by atoms with Crippen LogP contribution in [0.4, 0.5) is 0 Å². The van der Waals surface area contributed by atoms with Crippen LogP contribution >= 0.6 is 23.2 Å². The van der Waals surface area contributed by atoms with Crippen LogP contribution in [-0.4, -0.2) is 15.4 Å². The summed E-state index contributed by atoms with van der Waals surface area (Å²) in [6.07, 6.45) is 2.04. The first kappa shape index (κ1) is 10.8. The Morgan fingerprint density at radius 2 is 2.00 bits per heavy atom. The maximum atomic E-state index is 6.07. The molecular weight excluding hydrogens is 231 g/mol. The second-order valence-electron chi connectivity index (χ2n) is 3.42. The summed E-state index contributed by atoms with van der Waals surface area (Å²) in [5.41, 5.74) is 2.05. The molecule has 2 nitrogen and oxygen atoms in total. The number of para-hydroxylation sites is 2. The lowest BCUT2D eigenvalue weighted by atomic mass is 10.3. The first-order valence-corrected chi connectivity index (χ1v) is 5.91. The summed E-state index contributed by atoms with van der Waals surface area (Å²) >= 11 is 11.7. The molecule has 1 heterocycles. The Morgan fingerprint density at radius 1 is 1.20 bits per heavy atom. The maximum absolute atomic E-state index is 6.07. The fourth-order valence-electron chi connectivity index (χ4n) is 1.62. The number of alkyl halides is 1. The van der Waals surface area contributed by atoms with Gasteiger partial charge in [0, 0.05) is 12.4 Å². The smallest absolute Gasteiger partial charge is 0.203 e. The van der Waals surface area contributed by atoms with E-state index in [2.05, 4.69) is 4.98 Å². The van der Waals surface area contributed by atoms with Gasteiger partial charge in [-0.05, 0) is 36.6 Å². The fourth-order valence-corrected chi connectivity index (χ4v) is 2.08. The van der Waals surface area contributed by atoms with Crippen LogP contribution in [0.5, 0.6) is 0 Å². The molecule has 0 saturated heterocycles. The minimum Gasteiger partial charge on any atom is -0.315 e. The summed E-state index contributed by atoms with van der Waals surface area (Å²) < 4.78 is 2.03.